The Morgan fingerprint density at radius 2 is 1.91 bits per heavy atom. The molecule has 1 aromatic rings. The maximum atomic E-state index is 13.1. The van der Waals surface area contributed by atoms with Crippen molar-refractivity contribution in [2.24, 2.45) is 17.3 Å². The molecule has 0 saturated carbocycles. The van der Waals surface area contributed by atoms with E-state index in [0.717, 1.165) is 44.5 Å². The molecule has 1 fully saturated rings. The van der Waals surface area contributed by atoms with Crippen molar-refractivity contribution in [2.75, 3.05) is 43.1 Å². The van der Waals surface area contributed by atoms with E-state index in [1.54, 1.807) is 0 Å². The standard InChI is InChI=1S/C27H45N3O3/c1-7-33-16-8-13-28-26(32)23-18-22(29-25(31)17-21(3)19-27(4,5)6)9-10-24(23)30-14-11-20(2)12-15-30/h9-10,18,20-21H,7-8,11-17,19H2,1-6H3,(H,28,32)(H,29,31). The summed E-state index contributed by atoms with van der Waals surface area (Å²) in [5, 5.41) is 6.04. The summed E-state index contributed by atoms with van der Waals surface area (Å²) < 4.78 is 5.37. The summed E-state index contributed by atoms with van der Waals surface area (Å²) in [6, 6.07) is 5.74. The monoisotopic (exact) mass is 459 g/mol. The van der Waals surface area contributed by atoms with Crippen molar-refractivity contribution in [2.45, 2.75) is 73.6 Å². The highest BCUT2D eigenvalue weighted by atomic mass is 16.5. The highest BCUT2D eigenvalue weighted by Crippen LogP contribution is 2.30. The van der Waals surface area contributed by atoms with Crippen LogP contribution >= 0.6 is 0 Å². The van der Waals surface area contributed by atoms with Gasteiger partial charge < -0.3 is 20.3 Å². The van der Waals surface area contributed by atoms with E-state index in [1.165, 1.54) is 0 Å². The van der Waals surface area contributed by atoms with Crippen LogP contribution in [0.2, 0.25) is 0 Å². The Labute approximate surface area is 200 Å². The molecular formula is C27H45N3O3. The highest BCUT2D eigenvalue weighted by molar-refractivity contribution is 6.02. The van der Waals surface area contributed by atoms with Crippen LogP contribution in [0.5, 0.6) is 0 Å². The van der Waals surface area contributed by atoms with Crippen molar-refractivity contribution in [3.63, 3.8) is 0 Å². The van der Waals surface area contributed by atoms with Crippen molar-refractivity contribution < 1.29 is 14.3 Å². The number of anilines is 2. The van der Waals surface area contributed by atoms with E-state index in [0.29, 0.717) is 49.3 Å². The van der Waals surface area contributed by atoms with Gasteiger partial charge in [-0.05, 0) is 68.1 Å². The van der Waals surface area contributed by atoms with Crippen LogP contribution in [0.25, 0.3) is 0 Å². The first-order valence-electron chi connectivity index (χ1n) is 12.6. The van der Waals surface area contributed by atoms with Crippen LogP contribution < -0.4 is 15.5 Å². The molecule has 0 radical (unpaired) electrons. The second-order valence-electron chi connectivity index (χ2n) is 10.8. The number of carbonyl (C=O) groups is 2. The van der Waals surface area contributed by atoms with Gasteiger partial charge in [0.25, 0.3) is 5.91 Å². The largest absolute Gasteiger partial charge is 0.382 e. The predicted molar refractivity (Wildman–Crippen MR) is 137 cm³/mol. The van der Waals surface area contributed by atoms with Crippen molar-refractivity contribution in [1.82, 2.24) is 5.32 Å². The molecule has 186 valence electrons. The Hall–Kier alpha value is -2.08. The Morgan fingerprint density at radius 3 is 2.55 bits per heavy atom. The first-order valence-corrected chi connectivity index (χ1v) is 12.6. The zero-order valence-electron chi connectivity index (χ0n) is 21.6. The van der Waals surface area contributed by atoms with Crippen molar-refractivity contribution in [3.8, 4) is 0 Å². The third kappa shape index (κ3) is 9.75. The van der Waals surface area contributed by atoms with Gasteiger partial charge in [-0.2, -0.15) is 0 Å². The number of ether oxygens (including phenoxy) is 1. The lowest BCUT2D eigenvalue weighted by molar-refractivity contribution is -0.117. The fourth-order valence-corrected chi connectivity index (χ4v) is 4.58. The SMILES string of the molecule is CCOCCCNC(=O)c1cc(NC(=O)CC(C)CC(C)(C)C)ccc1N1CCC(C)CC1. The Morgan fingerprint density at radius 1 is 1.21 bits per heavy atom. The zero-order chi connectivity index (χ0) is 24.4. The molecule has 2 N–H and O–H groups in total. The summed E-state index contributed by atoms with van der Waals surface area (Å²) in [5.74, 6) is 0.908. The van der Waals surface area contributed by atoms with Gasteiger partial charge in [0.1, 0.15) is 0 Å². The molecule has 6 nitrogen and oxygen atoms in total. The van der Waals surface area contributed by atoms with Crippen molar-refractivity contribution >= 4 is 23.2 Å². The summed E-state index contributed by atoms with van der Waals surface area (Å²) in [4.78, 5) is 28.0. The molecule has 1 aliphatic rings. The first-order chi connectivity index (χ1) is 15.6. The fraction of sp³-hybridized carbons (Fsp3) is 0.704. The van der Waals surface area contributed by atoms with E-state index in [2.05, 4.69) is 50.2 Å². The van der Waals surface area contributed by atoms with E-state index >= 15 is 0 Å². The minimum absolute atomic E-state index is 0.00521. The Balaban J connectivity index is 2.11. The molecule has 2 rings (SSSR count). The number of nitrogens with zero attached hydrogens (tertiary/aromatic N) is 1. The second kappa shape index (κ2) is 13.0. The molecule has 6 heteroatoms. The average molecular weight is 460 g/mol. The number of rotatable bonds is 11. The Kier molecular flexibility index (Phi) is 10.7. The van der Waals surface area contributed by atoms with Gasteiger partial charge in [-0.25, -0.2) is 0 Å². The molecule has 1 aromatic carbocycles. The summed E-state index contributed by atoms with van der Waals surface area (Å²) in [6.07, 6.45) is 4.49. The van der Waals surface area contributed by atoms with Gasteiger partial charge >= 0.3 is 0 Å². The van der Waals surface area contributed by atoms with E-state index in [4.69, 9.17) is 4.74 Å². The molecule has 1 saturated heterocycles. The molecule has 1 aliphatic heterocycles. The van der Waals surface area contributed by atoms with Gasteiger partial charge in [0, 0.05) is 50.6 Å². The molecule has 1 atom stereocenters. The van der Waals surface area contributed by atoms with Gasteiger partial charge in [-0.1, -0.05) is 34.6 Å². The Bertz CT molecular complexity index is 764. The number of benzene rings is 1. The predicted octanol–water partition coefficient (Wildman–Crippen LogP) is 5.48. The van der Waals surface area contributed by atoms with Gasteiger partial charge in [0.15, 0.2) is 0 Å². The maximum Gasteiger partial charge on any atom is 0.253 e. The summed E-state index contributed by atoms with van der Waals surface area (Å²) in [5.41, 5.74) is 2.45. The van der Waals surface area contributed by atoms with Crippen LogP contribution in [-0.2, 0) is 9.53 Å². The smallest absolute Gasteiger partial charge is 0.253 e. The van der Waals surface area contributed by atoms with Crippen LogP contribution in [0.15, 0.2) is 18.2 Å². The van der Waals surface area contributed by atoms with Crippen molar-refractivity contribution in [3.05, 3.63) is 23.8 Å². The lowest BCUT2D eigenvalue weighted by Gasteiger charge is -2.33. The number of nitrogens with one attached hydrogen (secondary N) is 2. The van der Waals surface area contributed by atoms with Crippen LogP contribution in [0.4, 0.5) is 11.4 Å². The number of amides is 2. The third-order valence-corrected chi connectivity index (χ3v) is 6.10. The third-order valence-electron chi connectivity index (χ3n) is 6.10. The topological polar surface area (TPSA) is 70.7 Å². The van der Waals surface area contributed by atoms with Crippen LogP contribution in [0.3, 0.4) is 0 Å². The number of piperidine rings is 1. The van der Waals surface area contributed by atoms with E-state index < -0.39 is 0 Å². The molecule has 0 aromatic heterocycles. The molecular weight excluding hydrogens is 414 g/mol. The summed E-state index contributed by atoms with van der Waals surface area (Å²) in [6.45, 7) is 16.7. The fourth-order valence-electron chi connectivity index (χ4n) is 4.58. The highest BCUT2D eigenvalue weighted by Gasteiger charge is 2.22. The van der Waals surface area contributed by atoms with Crippen LogP contribution in [0, 0.1) is 17.3 Å². The minimum atomic E-state index is -0.0997. The van der Waals surface area contributed by atoms with Gasteiger partial charge in [0.05, 0.1) is 5.56 Å². The van der Waals surface area contributed by atoms with E-state index in [-0.39, 0.29) is 17.2 Å². The molecule has 0 spiro atoms. The lowest BCUT2D eigenvalue weighted by atomic mass is 9.84. The van der Waals surface area contributed by atoms with Gasteiger partial charge in [-0.15, -0.1) is 0 Å². The van der Waals surface area contributed by atoms with E-state index in [9.17, 15) is 9.59 Å². The van der Waals surface area contributed by atoms with Crippen molar-refractivity contribution in [1.29, 1.82) is 0 Å². The summed E-state index contributed by atoms with van der Waals surface area (Å²) >= 11 is 0. The number of carbonyl (C=O) groups excluding carboxylic acids is 2. The molecule has 33 heavy (non-hydrogen) atoms. The molecule has 1 heterocycles. The zero-order valence-corrected chi connectivity index (χ0v) is 21.6. The molecule has 0 aliphatic carbocycles. The molecule has 0 bridgehead atoms. The molecule has 1 unspecified atom stereocenters. The quantitative estimate of drug-likeness (QED) is 0.430. The lowest BCUT2D eigenvalue weighted by Crippen LogP contribution is -2.35. The van der Waals surface area contributed by atoms with Gasteiger partial charge in [0.2, 0.25) is 5.91 Å². The normalized spacial score (nSPS) is 15.9. The van der Waals surface area contributed by atoms with Crippen LogP contribution in [0.1, 0.15) is 84.0 Å². The number of hydrogen-bond donors (Lipinski definition) is 2. The van der Waals surface area contributed by atoms with Crippen LogP contribution in [-0.4, -0.2) is 44.7 Å². The second-order valence-corrected chi connectivity index (χ2v) is 10.8. The average Bonchev–Trinajstić information content (AvgIpc) is 2.72. The summed E-state index contributed by atoms with van der Waals surface area (Å²) in [7, 11) is 0. The maximum absolute atomic E-state index is 13.1. The molecule has 2 amide bonds. The number of hydrogen-bond acceptors (Lipinski definition) is 4. The van der Waals surface area contributed by atoms with E-state index in [1.807, 2.05) is 25.1 Å². The van der Waals surface area contributed by atoms with Gasteiger partial charge in [-0.3, -0.25) is 9.59 Å². The first kappa shape index (κ1) is 27.2. The minimum Gasteiger partial charge on any atom is -0.382 e.